The van der Waals surface area contributed by atoms with Crippen molar-refractivity contribution in [2.45, 2.75) is 43.4 Å². The first-order chi connectivity index (χ1) is 11.5. The minimum Gasteiger partial charge on any atom is -0.343 e. The van der Waals surface area contributed by atoms with Gasteiger partial charge in [-0.15, -0.1) is 4.40 Å². The Morgan fingerprint density at radius 1 is 1.25 bits per heavy atom. The molecule has 1 aromatic heterocycles. The van der Waals surface area contributed by atoms with Crippen molar-refractivity contribution in [2.75, 3.05) is 18.4 Å². The smallest absolute Gasteiger partial charge is 0.287 e. The number of pyridine rings is 1. The standard InChI is InChI=1S/C15H19BrN4O3S/c16-11-9-12-15(17-10-11)18-13(19-24(12,22)23)5-6-14(21)20-7-3-1-2-4-8-20/h9-10H,1-8H2,(H,17,18,19). The van der Waals surface area contributed by atoms with Crippen LogP contribution in [-0.2, 0) is 14.8 Å². The van der Waals surface area contributed by atoms with Gasteiger partial charge in [0.2, 0.25) is 5.91 Å². The molecule has 1 amide bonds. The number of fused-ring (bicyclic) bond motifs is 1. The number of hydrogen-bond donors (Lipinski definition) is 1. The Bertz CT molecular complexity index is 771. The number of carbonyl (C=O) groups is 1. The summed E-state index contributed by atoms with van der Waals surface area (Å²) in [7, 11) is -3.78. The highest BCUT2D eigenvalue weighted by Gasteiger charge is 2.27. The molecule has 0 aromatic carbocycles. The normalized spacial score (nSPS) is 19.7. The molecular weight excluding hydrogens is 396 g/mol. The van der Waals surface area contributed by atoms with Crippen LogP contribution in [0.5, 0.6) is 0 Å². The summed E-state index contributed by atoms with van der Waals surface area (Å²) in [4.78, 5) is 18.3. The number of sulfonamides is 1. The van der Waals surface area contributed by atoms with Crippen molar-refractivity contribution in [3.05, 3.63) is 16.7 Å². The average molecular weight is 415 g/mol. The van der Waals surface area contributed by atoms with E-state index >= 15 is 0 Å². The summed E-state index contributed by atoms with van der Waals surface area (Å²) in [5.41, 5.74) is 0. The van der Waals surface area contributed by atoms with Crippen LogP contribution in [0.25, 0.3) is 0 Å². The fourth-order valence-electron chi connectivity index (χ4n) is 2.88. The number of nitrogens with zero attached hydrogens (tertiary/aromatic N) is 3. The number of rotatable bonds is 3. The van der Waals surface area contributed by atoms with E-state index in [2.05, 4.69) is 30.6 Å². The summed E-state index contributed by atoms with van der Waals surface area (Å²) < 4.78 is 28.8. The maximum absolute atomic E-state index is 12.3. The van der Waals surface area contributed by atoms with Crippen LogP contribution in [0.1, 0.15) is 38.5 Å². The molecule has 0 unspecified atom stereocenters. The van der Waals surface area contributed by atoms with Crippen molar-refractivity contribution in [3.8, 4) is 0 Å². The van der Waals surface area contributed by atoms with Gasteiger partial charge in [-0.2, -0.15) is 8.42 Å². The summed E-state index contributed by atoms with van der Waals surface area (Å²) in [5, 5.41) is 2.92. The largest absolute Gasteiger partial charge is 0.343 e. The van der Waals surface area contributed by atoms with E-state index < -0.39 is 10.0 Å². The van der Waals surface area contributed by atoms with Crippen molar-refractivity contribution >= 4 is 43.5 Å². The van der Waals surface area contributed by atoms with Crippen molar-refractivity contribution in [3.63, 3.8) is 0 Å². The molecule has 1 aromatic rings. The first kappa shape index (κ1) is 17.3. The third-order valence-electron chi connectivity index (χ3n) is 4.12. The van der Waals surface area contributed by atoms with Gasteiger partial charge >= 0.3 is 0 Å². The van der Waals surface area contributed by atoms with E-state index in [1.54, 1.807) is 0 Å². The summed E-state index contributed by atoms with van der Waals surface area (Å²) in [5.74, 6) is 0.569. The summed E-state index contributed by atoms with van der Waals surface area (Å²) in [6, 6.07) is 1.47. The predicted octanol–water partition coefficient (Wildman–Crippen LogP) is 2.54. The van der Waals surface area contributed by atoms with Gasteiger partial charge in [0, 0.05) is 36.6 Å². The van der Waals surface area contributed by atoms with E-state index in [-0.39, 0.29) is 35.3 Å². The van der Waals surface area contributed by atoms with Gasteiger partial charge in [0.1, 0.15) is 10.7 Å². The number of anilines is 1. The number of amidine groups is 1. The molecule has 9 heteroatoms. The molecular formula is C15H19BrN4O3S. The van der Waals surface area contributed by atoms with Gasteiger partial charge in [0.15, 0.2) is 5.82 Å². The second-order valence-electron chi connectivity index (χ2n) is 5.93. The Balaban J connectivity index is 1.67. The number of nitrogens with one attached hydrogen (secondary N) is 1. The SMILES string of the molecule is O=C(CCC1=NS(=O)(=O)c2cc(Br)cnc2N1)N1CCCCCC1. The van der Waals surface area contributed by atoms with Crippen LogP contribution in [0.15, 0.2) is 26.0 Å². The van der Waals surface area contributed by atoms with Crippen LogP contribution in [0, 0.1) is 0 Å². The maximum atomic E-state index is 12.3. The Hall–Kier alpha value is -1.48. The lowest BCUT2D eigenvalue weighted by molar-refractivity contribution is -0.131. The number of aromatic nitrogens is 1. The second kappa shape index (κ2) is 7.18. The highest BCUT2D eigenvalue weighted by molar-refractivity contribution is 9.10. The molecule has 0 atom stereocenters. The molecule has 1 saturated heterocycles. The molecule has 0 radical (unpaired) electrons. The fourth-order valence-corrected chi connectivity index (χ4v) is 4.51. The van der Waals surface area contributed by atoms with E-state index in [4.69, 9.17) is 0 Å². The minimum atomic E-state index is -3.78. The quantitative estimate of drug-likeness (QED) is 0.819. The van der Waals surface area contributed by atoms with E-state index in [0.717, 1.165) is 38.8 Å². The second-order valence-corrected chi connectivity index (χ2v) is 8.42. The highest BCUT2D eigenvalue weighted by Crippen LogP contribution is 2.28. The summed E-state index contributed by atoms with van der Waals surface area (Å²) in [6.45, 7) is 1.57. The molecule has 24 heavy (non-hydrogen) atoms. The summed E-state index contributed by atoms with van der Waals surface area (Å²) >= 11 is 3.20. The first-order valence-electron chi connectivity index (χ1n) is 8.00. The zero-order valence-electron chi connectivity index (χ0n) is 13.2. The molecule has 130 valence electrons. The molecule has 2 aliphatic heterocycles. The molecule has 2 aliphatic rings. The van der Waals surface area contributed by atoms with E-state index in [9.17, 15) is 13.2 Å². The van der Waals surface area contributed by atoms with Gasteiger partial charge in [-0.1, -0.05) is 12.8 Å². The molecule has 1 fully saturated rings. The number of halogens is 1. The van der Waals surface area contributed by atoms with Crippen molar-refractivity contribution < 1.29 is 13.2 Å². The van der Waals surface area contributed by atoms with Crippen LogP contribution in [0.2, 0.25) is 0 Å². The van der Waals surface area contributed by atoms with Crippen LogP contribution < -0.4 is 5.32 Å². The van der Waals surface area contributed by atoms with Crippen LogP contribution in [0.3, 0.4) is 0 Å². The zero-order valence-corrected chi connectivity index (χ0v) is 15.6. The number of carbonyl (C=O) groups excluding carboxylic acids is 1. The van der Waals surface area contributed by atoms with E-state index in [1.165, 1.54) is 12.3 Å². The Kier molecular flexibility index (Phi) is 5.19. The fraction of sp³-hybridized carbons (Fsp3) is 0.533. The van der Waals surface area contributed by atoms with Crippen LogP contribution in [0.4, 0.5) is 5.82 Å². The lowest BCUT2D eigenvalue weighted by Gasteiger charge is -2.21. The number of likely N-dealkylation sites (tertiary alicyclic amines) is 1. The lowest BCUT2D eigenvalue weighted by Crippen LogP contribution is -2.33. The van der Waals surface area contributed by atoms with Gasteiger partial charge in [-0.25, -0.2) is 4.98 Å². The first-order valence-corrected chi connectivity index (χ1v) is 10.2. The molecule has 1 N–H and O–H groups in total. The molecule has 7 nitrogen and oxygen atoms in total. The van der Waals surface area contributed by atoms with E-state index in [0.29, 0.717) is 4.47 Å². The predicted molar refractivity (Wildman–Crippen MR) is 94.5 cm³/mol. The van der Waals surface area contributed by atoms with Crippen LogP contribution >= 0.6 is 15.9 Å². The Labute approximate surface area is 149 Å². The van der Waals surface area contributed by atoms with Crippen molar-refractivity contribution in [1.82, 2.24) is 9.88 Å². The van der Waals surface area contributed by atoms with E-state index in [1.807, 2.05) is 4.90 Å². The maximum Gasteiger partial charge on any atom is 0.287 e. The van der Waals surface area contributed by atoms with Gasteiger partial charge in [0.25, 0.3) is 10.0 Å². The molecule has 0 spiro atoms. The third kappa shape index (κ3) is 3.94. The topological polar surface area (TPSA) is 91.7 Å². The molecule has 0 saturated carbocycles. The number of amides is 1. The van der Waals surface area contributed by atoms with Crippen molar-refractivity contribution in [1.29, 1.82) is 0 Å². The lowest BCUT2D eigenvalue weighted by atomic mass is 10.2. The molecule has 3 heterocycles. The molecule has 0 aliphatic carbocycles. The molecule has 0 bridgehead atoms. The Morgan fingerprint density at radius 2 is 1.96 bits per heavy atom. The monoisotopic (exact) mass is 414 g/mol. The highest BCUT2D eigenvalue weighted by atomic mass is 79.9. The van der Waals surface area contributed by atoms with Gasteiger partial charge in [-0.3, -0.25) is 4.79 Å². The van der Waals surface area contributed by atoms with Crippen molar-refractivity contribution in [2.24, 2.45) is 4.40 Å². The zero-order chi connectivity index (χ0) is 17.2. The summed E-state index contributed by atoms with van der Waals surface area (Å²) in [6.07, 6.45) is 6.41. The Morgan fingerprint density at radius 3 is 2.67 bits per heavy atom. The minimum absolute atomic E-state index is 0.0412. The van der Waals surface area contributed by atoms with Gasteiger partial charge in [-0.05, 0) is 34.8 Å². The molecule has 3 rings (SSSR count). The van der Waals surface area contributed by atoms with Crippen LogP contribution in [-0.4, -0.2) is 43.1 Å². The average Bonchev–Trinajstić information content (AvgIpc) is 2.82. The van der Waals surface area contributed by atoms with Gasteiger partial charge < -0.3 is 10.2 Å². The van der Waals surface area contributed by atoms with Gasteiger partial charge in [0.05, 0.1) is 0 Å². The third-order valence-corrected chi connectivity index (χ3v) is 5.89. The number of hydrogen-bond acceptors (Lipinski definition) is 5.